The molecular weight excluding hydrogens is 479 g/mol. The third-order valence-electron chi connectivity index (χ3n) is 4.70. The molecule has 1 fully saturated rings. The molecule has 6 nitrogen and oxygen atoms in total. The zero-order chi connectivity index (χ0) is 19.8. The van der Waals surface area contributed by atoms with Crippen LogP contribution in [-0.4, -0.2) is 32.1 Å². The van der Waals surface area contributed by atoms with E-state index in [1.165, 1.54) is 0 Å². The Kier molecular flexibility index (Phi) is 9.24. The van der Waals surface area contributed by atoms with Crippen molar-refractivity contribution in [1.29, 1.82) is 0 Å². The molecule has 0 spiro atoms. The summed E-state index contributed by atoms with van der Waals surface area (Å²) in [6.07, 6.45) is 1.60. The number of nitrogens with zero attached hydrogens (tertiary/aromatic N) is 2. The molecule has 1 saturated heterocycles. The first-order valence-corrected chi connectivity index (χ1v) is 9.74. The molecule has 0 bridgehead atoms. The predicted molar refractivity (Wildman–Crippen MR) is 128 cm³/mol. The summed E-state index contributed by atoms with van der Waals surface area (Å²) in [5.41, 5.74) is 3.24. The maximum atomic E-state index is 11.9. The minimum absolute atomic E-state index is 0. The fraction of sp³-hybridized carbons (Fsp3) is 0.364. The fourth-order valence-corrected chi connectivity index (χ4v) is 3.14. The van der Waals surface area contributed by atoms with Gasteiger partial charge >= 0.3 is 0 Å². The van der Waals surface area contributed by atoms with Crippen molar-refractivity contribution in [3.63, 3.8) is 0 Å². The van der Waals surface area contributed by atoms with Crippen LogP contribution in [0.1, 0.15) is 30.9 Å². The Balaban J connectivity index is 0.00000300. The van der Waals surface area contributed by atoms with Crippen molar-refractivity contribution < 1.29 is 9.53 Å². The minimum atomic E-state index is 0. The second kappa shape index (κ2) is 11.6. The summed E-state index contributed by atoms with van der Waals surface area (Å²) in [6, 6.07) is 16.1. The number of amides is 1. The molecule has 1 amide bonds. The lowest BCUT2D eigenvalue weighted by molar-refractivity contribution is -0.117. The fourth-order valence-electron chi connectivity index (χ4n) is 3.14. The zero-order valence-electron chi connectivity index (χ0n) is 17.0. The van der Waals surface area contributed by atoms with E-state index < -0.39 is 0 Å². The van der Waals surface area contributed by atoms with Crippen LogP contribution in [0.3, 0.4) is 0 Å². The summed E-state index contributed by atoms with van der Waals surface area (Å²) in [5, 5.41) is 6.63. The van der Waals surface area contributed by atoms with Gasteiger partial charge in [-0.25, -0.2) is 4.99 Å². The van der Waals surface area contributed by atoms with Gasteiger partial charge in [0.25, 0.3) is 0 Å². The third-order valence-corrected chi connectivity index (χ3v) is 4.70. The number of guanidine groups is 1. The van der Waals surface area contributed by atoms with Crippen molar-refractivity contribution in [2.75, 3.05) is 25.1 Å². The van der Waals surface area contributed by atoms with Gasteiger partial charge in [-0.2, -0.15) is 0 Å². The molecule has 2 aromatic carbocycles. The van der Waals surface area contributed by atoms with Crippen LogP contribution in [0.15, 0.2) is 53.5 Å². The lowest BCUT2D eigenvalue weighted by atomic mass is 10.2. The van der Waals surface area contributed by atoms with Crippen LogP contribution in [0.2, 0.25) is 0 Å². The van der Waals surface area contributed by atoms with E-state index in [-0.39, 0.29) is 29.9 Å². The molecule has 0 radical (unpaired) electrons. The van der Waals surface area contributed by atoms with Crippen molar-refractivity contribution in [3.05, 3.63) is 59.7 Å². The van der Waals surface area contributed by atoms with Crippen molar-refractivity contribution in [3.8, 4) is 5.75 Å². The Morgan fingerprint density at radius 3 is 2.34 bits per heavy atom. The van der Waals surface area contributed by atoms with Gasteiger partial charge in [-0.15, -0.1) is 24.0 Å². The van der Waals surface area contributed by atoms with Crippen molar-refractivity contribution >= 4 is 41.5 Å². The summed E-state index contributed by atoms with van der Waals surface area (Å²) in [7, 11) is 1.66. The SMILES string of the molecule is CCNC(=NCc1ccc(OC)cc1)NCc1ccc(N2CCCC2=O)cc1.I. The van der Waals surface area contributed by atoms with E-state index in [1.807, 2.05) is 48.2 Å². The number of ether oxygens (including phenoxy) is 1. The van der Waals surface area contributed by atoms with Crippen LogP contribution in [0, 0.1) is 0 Å². The van der Waals surface area contributed by atoms with Gasteiger partial charge in [0.15, 0.2) is 5.96 Å². The highest BCUT2D eigenvalue weighted by Crippen LogP contribution is 2.21. The topological polar surface area (TPSA) is 66.0 Å². The number of hydrogen-bond acceptors (Lipinski definition) is 3. The summed E-state index contributed by atoms with van der Waals surface area (Å²) >= 11 is 0. The Hall–Kier alpha value is -2.29. The molecule has 29 heavy (non-hydrogen) atoms. The molecule has 1 heterocycles. The highest BCUT2D eigenvalue weighted by Gasteiger charge is 2.21. The van der Waals surface area contributed by atoms with Crippen LogP contribution < -0.4 is 20.3 Å². The highest BCUT2D eigenvalue weighted by atomic mass is 127. The monoisotopic (exact) mass is 508 g/mol. The summed E-state index contributed by atoms with van der Waals surface area (Å²) in [4.78, 5) is 18.4. The van der Waals surface area contributed by atoms with Crippen LogP contribution in [0.25, 0.3) is 0 Å². The summed E-state index contributed by atoms with van der Waals surface area (Å²) in [5.74, 6) is 1.83. The molecule has 0 aromatic heterocycles. The van der Waals surface area contributed by atoms with Crippen LogP contribution >= 0.6 is 24.0 Å². The molecule has 2 aromatic rings. The van der Waals surface area contributed by atoms with E-state index in [0.717, 1.165) is 48.0 Å². The summed E-state index contributed by atoms with van der Waals surface area (Å²) < 4.78 is 5.19. The zero-order valence-corrected chi connectivity index (χ0v) is 19.3. The first kappa shape index (κ1) is 23.0. The van der Waals surface area contributed by atoms with Crippen molar-refractivity contribution in [1.82, 2.24) is 10.6 Å². The first-order chi connectivity index (χ1) is 13.7. The van der Waals surface area contributed by atoms with Gasteiger partial charge in [-0.1, -0.05) is 24.3 Å². The van der Waals surface area contributed by atoms with Gasteiger partial charge in [0.1, 0.15) is 5.75 Å². The number of methoxy groups -OCH3 is 1. The lowest BCUT2D eigenvalue weighted by Crippen LogP contribution is -2.36. The largest absolute Gasteiger partial charge is 0.497 e. The van der Waals surface area contributed by atoms with Crippen LogP contribution in [-0.2, 0) is 17.9 Å². The molecule has 7 heteroatoms. The number of benzene rings is 2. The Morgan fingerprint density at radius 2 is 1.76 bits per heavy atom. The number of halogens is 1. The van der Waals surface area contributed by atoms with Crippen molar-refractivity contribution in [2.45, 2.75) is 32.9 Å². The van der Waals surface area contributed by atoms with Gasteiger partial charge in [-0.3, -0.25) is 4.79 Å². The van der Waals surface area contributed by atoms with Gasteiger partial charge < -0.3 is 20.3 Å². The number of hydrogen-bond donors (Lipinski definition) is 2. The molecule has 3 rings (SSSR count). The molecule has 0 unspecified atom stereocenters. The normalized spacial score (nSPS) is 13.8. The lowest BCUT2D eigenvalue weighted by Gasteiger charge is -2.16. The van der Waals surface area contributed by atoms with Gasteiger partial charge in [0, 0.05) is 31.7 Å². The average molecular weight is 508 g/mol. The maximum Gasteiger partial charge on any atom is 0.227 e. The Morgan fingerprint density at radius 1 is 1.07 bits per heavy atom. The predicted octanol–water partition coefficient (Wildman–Crippen LogP) is 3.70. The van der Waals surface area contributed by atoms with E-state index in [0.29, 0.717) is 19.5 Å². The first-order valence-electron chi connectivity index (χ1n) is 9.74. The molecule has 0 saturated carbocycles. The second-order valence-corrected chi connectivity index (χ2v) is 6.71. The number of nitrogens with one attached hydrogen (secondary N) is 2. The number of carbonyl (C=O) groups excluding carboxylic acids is 1. The van der Waals surface area contributed by atoms with E-state index in [9.17, 15) is 4.79 Å². The summed E-state index contributed by atoms with van der Waals surface area (Å²) in [6.45, 7) is 4.92. The molecule has 156 valence electrons. The van der Waals surface area contributed by atoms with Gasteiger partial charge in [0.2, 0.25) is 5.91 Å². The third kappa shape index (κ3) is 6.62. The van der Waals surface area contributed by atoms with Gasteiger partial charge in [-0.05, 0) is 48.7 Å². The standard InChI is InChI=1S/C22H28N4O2.HI/c1-3-23-22(25-16-18-8-12-20(28-2)13-9-18)24-15-17-6-10-19(11-7-17)26-14-4-5-21(26)27;/h6-13H,3-5,14-16H2,1-2H3,(H2,23,24,25);1H. The number of rotatable bonds is 7. The smallest absolute Gasteiger partial charge is 0.227 e. The van der Waals surface area contributed by atoms with Gasteiger partial charge in [0.05, 0.1) is 13.7 Å². The molecule has 1 aliphatic heterocycles. The van der Waals surface area contributed by atoms with Crippen molar-refractivity contribution in [2.24, 2.45) is 4.99 Å². The second-order valence-electron chi connectivity index (χ2n) is 6.71. The molecule has 0 atom stereocenters. The minimum Gasteiger partial charge on any atom is -0.497 e. The maximum absolute atomic E-state index is 11.9. The number of carbonyl (C=O) groups is 1. The van der Waals surface area contributed by atoms with E-state index in [2.05, 4.69) is 27.8 Å². The van der Waals surface area contributed by atoms with E-state index >= 15 is 0 Å². The van der Waals surface area contributed by atoms with Crippen LogP contribution in [0.5, 0.6) is 5.75 Å². The molecular formula is C22H29IN4O2. The highest BCUT2D eigenvalue weighted by molar-refractivity contribution is 14.0. The molecule has 0 aliphatic carbocycles. The van der Waals surface area contributed by atoms with Crippen LogP contribution in [0.4, 0.5) is 5.69 Å². The average Bonchev–Trinajstić information content (AvgIpc) is 3.16. The van der Waals surface area contributed by atoms with E-state index in [1.54, 1.807) is 7.11 Å². The number of aliphatic imine (C=N–C) groups is 1. The Bertz CT molecular complexity index is 807. The quantitative estimate of drug-likeness (QED) is 0.340. The van der Waals surface area contributed by atoms with E-state index in [4.69, 9.17) is 4.74 Å². The Labute approximate surface area is 189 Å². The molecule has 2 N–H and O–H groups in total. The number of anilines is 1. The molecule has 1 aliphatic rings.